The number of hydrogen-bond acceptors (Lipinski definition) is 2. The number of hydrogen-bond donors (Lipinski definition) is 2. The number of nitrogens with one attached hydrogen (secondary N) is 2. The fraction of sp³-hybridized carbons (Fsp3) is 1.00. The Morgan fingerprint density at radius 2 is 0.913 bits per heavy atom. The topological polar surface area (TPSA) is 24.1 Å². The molecule has 2 nitrogen and oxygen atoms in total. The Morgan fingerprint density at radius 3 is 1.09 bits per heavy atom. The van der Waals surface area contributed by atoms with Crippen molar-refractivity contribution in [2.75, 3.05) is 0 Å². The monoisotopic (exact) mass is 362 g/mol. The second-order valence-corrected chi connectivity index (χ2v) is 21.2. The standard InChI is InChI=1S/C18H43FN2Si2/c1-14(2)22(15(3)4,16(5,6)7)20-21-23(19,17(8,9)10)18(11,12)13/h14-15,20-21H,1-13H3. The van der Waals surface area contributed by atoms with Crippen LogP contribution in [0.2, 0.25) is 26.2 Å². The molecule has 0 aromatic heterocycles. The molecule has 0 aliphatic rings. The van der Waals surface area contributed by atoms with Gasteiger partial charge < -0.3 is 0 Å². The van der Waals surface area contributed by atoms with E-state index in [0.717, 1.165) is 0 Å². The third-order valence-corrected chi connectivity index (χ3v) is 17.1. The summed E-state index contributed by atoms with van der Waals surface area (Å²) in [6.45, 7) is 28.3. The van der Waals surface area contributed by atoms with Crippen LogP contribution in [0.15, 0.2) is 0 Å². The second-order valence-electron chi connectivity index (χ2n) is 10.8. The van der Waals surface area contributed by atoms with E-state index in [4.69, 9.17) is 0 Å². The van der Waals surface area contributed by atoms with Crippen molar-refractivity contribution in [3.8, 4) is 0 Å². The summed E-state index contributed by atoms with van der Waals surface area (Å²) in [5.74, 6) is 0. The number of halogens is 1. The minimum absolute atomic E-state index is 0.146. The van der Waals surface area contributed by atoms with E-state index >= 15 is 4.11 Å². The molecule has 0 aromatic rings. The Labute approximate surface area is 147 Å². The SMILES string of the molecule is CC(C)[Si](NN[Si](F)(C(C)(C)C)C(C)(C)C)(C(C)C)C(C)(C)C. The Kier molecular flexibility index (Phi) is 6.97. The zero-order chi connectivity index (χ0) is 19.1. The van der Waals surface area contributed by atoms with Crippen molar-refractivity contribution in [2.24, 2.45) is 0 Å². The zero-order valence-electron chi connectivity index (χ0n) is 18.0. The predicted molar refractivity (Wildman–Crippen MR) is 108 cm³/mol. The lowest BCUT2D eigenvalue weighted by atomic mass is 10.2. The smallest absolute Gasteiger partial charge is 0.290 e. The molecule has 0 spiro atoms. The molecular weight excluding hydrogens is 319 g/mol. The normalized spacial score (nSPS) is 15.7. The van der Waals surface area contributed by atoms with Gasteiger partial charge >= 0.3 is 8.57 Å². The highest BCUT2D eigenvalue weighted by Crippen LogP contribution is 2.51. The first-order valence-corrected chi connectivity index (χ1v) is 13.1. The van der Waals surface area contributed by atoms with Crippen molar-refractivity contribution in [3.63, 3.8) is 0 Å². The van der Waals surface area contributed by atoms with E-state index < -0.39 is 16.8 Å². The first kappa shape index (κ1) is 23.3. The first-order chi connectivity index (χ1) is 9.84. The maximum atomic E-state index is 16.2. The van der Waals surface area contributed by atoms with Crippen LogP contribution in [0.4, 0.5) is 4.11 Å². The summed E-state index contributed by atoms with van der Waals surface area (Å²) in [7, 11) is -5.24. The van der Waals surface area contributed by atoms with Gasteiger partial charge in [-0.3, -0.25) is 14.3 Å². The van der Waals surface area contributed by atoms with Crippen molar-refractivity contribution < 1.29 is 4.11 Å². The summed E-state index contributed by atoms with van der Waals surface area (Å²) < 4.78 is 16.2. The third-order valence-electron chi connectivity index (χ3n) is 5.57. The fourth-order valence-corrected chi connectivity index (χ4v) is 14.8. The molecule has 140 valence electrons. The van der Waals surface area contributed by atoms with E-state index in [2.05, 4.69) is 58.6 Å². The fourth-order valence-electron chi connectivity index (χ4n) is 4.56. The van der Waals surface area contributed by atoms with Crippen LogP contribution in [0.1, 0.15) is 90.0 Å². The van der Waals surface area contributed by atoms with E-state index in [9.17, 15) is 0 Å². The Bertz CT molecular complexity index is 365. The van der Waals surface area contributed by atoms with Crippen LogP contribution in [0, 0.1) is 0 Å². The average Bonchev–Trinajstić information content (AvgIpc) is 2.22. The van der Waals surface area contributed by atoms with Gasteiger partial charge in [0.1, 0.15) is 0 Å². The van der Waals surface area contributed by atoms with Crippen molar-refractivity contribution in [3.05, 3.63) is 0 Å². The summed E-state index contributed by atoms with van der Waals surface area (Å²) in [4.78, 5) is 0. The molecule has 0 aliphatic heterocycles. The lowest BCUT2D eigenvalue weighted by molar-refractivity contribution is 0.467. The molecular formula is C18H43FN2Si2. The summed E-state index contributed by atoms with van der Waals surface area (Å²) >= 11 is 0. The molecule has 0 rings (SSSR count). The molecule has 0 bridgehead atoms. The lowest BCUT2D eigenvalue weighted by Crippen LogP contribution is -2.74. The van der Waals surface area contributed by atoms with Crippen LogP contribution in [0.5, 0.6) is 0 Å². The maximum absolute atomic E-state index is 16.2. The molecule has 0 fully saturated rings. The molecule has 0 aromatic carbocycles. The maximum Gasteiger partial charge on any atom is 0.342 e. The quantitative estimate of drug-likeness (QED) is 0.324. The van der Waals surface area contributed by atoms with Gasteiger partial charge in [0.05, 0.1) is 0 Å². The predicted octanol–water partition coefficient (Wildman–Crippen LogP) is 6.66. The first-order valence-electron chi connectivity index (χ1n) is 9.08. The van der Waals surface area contributed by atoms with Crippen LogP contribution in [0.3, 0.4) is 0 Å². The Balaban J connectivity index is 5.90. The number of hydrazine groups is 1. The highest BCUT2D eigenvalue weighted by molar-refractivity contribution is 6.84. The van der Waals surface area contributed by atoms with E-state index in [0.29, 0.717) is 11.1 Å². The van der Waals surface area contributed by atoms with E-state index in [1.54, 1.807) is 0 Å². The van der Waals surface area contributed by atoms with Gasteiger partial charge in [-0.25, -0.2) is 0 Å². The van der Waals surface area contributed by atoms with Crippen LogP contribution in [0.25, 0.3) is 0 Å². The van der Waals surface area contributed by atoms with Crippen molar-refractivity contribution >= 4 is 16.8 Å². The molecule has 0 heterocycles. The molecule has 23 heavy (non-hydrogen) atoms. The second kappa shape index (κ2) is 6.89. The molecule has 2 N–H and O–H groups in total. The Hall–Kier alpha value is 0.284. The van der Waals surface area contributed by atoms with Crippen LogP contribution in [-0.2, 0) is 0 Å². The molecule has 0 aliphatic carbocycles. The highest BCUT2D eigenvalue weighted by atomic mass is 28.4. The van der Waals surface area contributed by atoms with Crippen LogP contribution >= 0.6 is 0 Å². The van der Waals surface area contributed by atoms with Gasteiger partial charge in [0.25, 0.3) is 0 Å². The molecule has 0 saturated carbocycles. The average molecular weight is 363 g/mol. The zero-order valence-corrected chi connectivity index (χ0v) is 20.0. The summed E-state index contributed by atoms with van der Waals surface area (Å²) in [5.41, 5.74) is 1.04. The van der Waals surface area contributed by atoms with Gasteiger partial charge in [-0.2, -0.15) is 0 Å². The minimum Gasteiger partial charge on any atom is -0.290 e. The van der Waals surface area contributed by atoms with E-state index in [1.165, 1.54) is 0 Å². The Morgan fingerprint density at radius 1 is 0.609 bits per heavy atom. The van der Waals surface area contributed by atoms with Crippen molar-refractivity contribution in [1.29, 1.82) is 0 Å². The lowest BCUT2D eigenvalue weighted by Gasteiger charge is -2.53. The minimum atomic E-state index is -3.26. The molecule has 0 saturated heterocycles. The van der Waals surface area contributed by atoms with Gasteiger partial charge in [-0.15, -0.1) is 0 Å². The number of rotatable bonds is 5. The van der Waals surface area contributed by atoms with Crippen LogP contribution < -0.4 is 10.2 Å². The largest absolute Gasteiger partial charge is 0.342 e. The van der Waals surface area contributed by atoms with Gasteiger partial charge in [0.2, 0.25) is 0 Å². The molecule has 0 atom stereocenters. The van der Waals surface area contributed by atoms with Gasteiger partial charge in [-0.05, 0) is 16.1 Å². The highest BCUT2D eigenvalue weighted by Gasteiger charge is 2.58. The molecule has 0 radical (unpaired) electrons. The molecule has 0 unspecified atom stereocenters. The van der Waals surface area contributed by atoms with E-state index in [-0.39, 0.29) is 15.1 Å². The van der Waals surface area contributed by atoms with Crippen LogP contribution in [-0.4, -0.2) is 16.8 Å². The summed E-state index contributed by atoms with van der Waals surface area (Å²) in [6.07, 6.45) is 0. The molecule has 5 heteroatoms. The van der Waals surface area contributed by atoms with Crippen molar-refractivity contribution in [2.45, 2.75) is 116 Å². The summed E-state index contributed by atoms with van der Waals surface area (Å²) in [5, 5.41) is 6.48. The third kappa shape index (κ3) is 4.28. The summed E-state index contributed by atoms with van der Waals surface area (Å²) in [6, 6.07) is 0. The van der Waals surface area contributed by atoms with Gasteiger partial charge in [0, 0.05) is 10.1 Å². The van der Waals surface area contributed by atoms with Crippen molar-refractivity contribution in [1.82, 2.24) is 10.2 Å². The van der Waals surface area contributed by atoms with E-state index in [1.807, 2.05) is 41.5 Å². The van der Waals surface area contributed by atoms with Gasteiger partial charge in [-0.1, -0.05) is 90.0 Å². The van der Waals surface area contributed by atoms with Gasteiger partial charge in [0.15, 0.2) is 8.24 Å². The molecule has 0 amide bonds.